The van der Waals surface area contributed by atoms with Gasteiger partial charge >= 0.3 is 6.18 Å². The number of amides is 1. The van der Waals surface area contributed by atoms with E-state index in [1.54, 1.807) is 24.3 Å². The Morgan fingerprint density at radius 3 is 2.67 bits per heavy atom. The third kappa shape index (κ3) is 5.17. The minimum Gasteiger partial charge on any atom is -0.484 e. The summed E-state index contributed by atoms with van der Waals surface area (Å²) in [6.07, 6.45) is -2.11. The predicted molar refractivity (Wildman–Crippen MR) is 68.8 cm³/mol. The molecule has 1 aromatic carbocycles. The molecule has 8 heteroatoms. The Hall–Kier alpha value is -2.51. The zero-order valence-corrected chi connectivity index (χ0v) is 10.8. The average molecular weight is 299 g/mol. The number of hydrogen-bond donors (Lipinski definition) is 1. The quantitative estimate of drug-likeness (QED) is 0.922. The summed E-state index contributed by atoms with van der Waals surface area (Å²) in [6, 6.07) is 8.70. The van der Waals surface area contributed by atoms with E-state index in [2.05, 4.69) is 10.4 Å². The highest BCUT2D eigenvalue weighted by atomic mass is 19.4. The molecule has 1 N–H and O–H groups in total. The van der Waals surface area contributed by atoms with Gasteiger partial charge in [-0.1, -0.05) is 18.2 Å². The van der Waals surface area contributed by atoms with Gasteiger partial charge in [-0.15, -0.1) is 0 Å². The Kier molecular flexibility index (Phi) is 4.46. The fourth-order valence-corrected chi connectivity index (χ4v) is 1.56. The monoisotopic (exact) mass is 299 g/mol. The van der Waals surface area contributed by atoms with Crippen LogP contribution in [0.1, 0.15) is 0 Å². The fourth-order valence-electron chi connectivity index (χ4n) is 1.56. The summed E-state index contributed by atoms with van der Waals surface area (Å²) in [4.78, 5) is 11.6. The molecular weight excluding hydrogens is 287 g/mol. The van der Waals surface area contributed by atoms with Crippen molar-refractivity contribution in [2.24, 2.45) is 0 Å². The van der Waals surface area contributed by atoms with Crippen molar-refractivity contribution < 1.29 is 22.7 Å². The molecule has 1 aromatic heterocycles. The Labute approximate surface area is 118 Å². The van der Waals surface area contributed by atoms with Crippen molar-refractivity contribution >= 4 is 11.6 Å². The maximum Gasteiger partial charge on any atom is 0.408 e. The first-order chi connectivity index (χ1) is 9.92. The first-order valence-corrected chi connectivity index (χ1v) is 5.99. The Morgan fingerprint density at radius 1 is 1.29 bits per heavy atom. The van der Waals surface area contributed by atoms with Crippen LogP contribution in [0, 0.1) is 0 Å². The first-order valence-electron chi connectivity index (χ1n) is 5.99. The number of carbonyl (C=O) groups is 1. The molecule has 112 valence electrons. The van der Waals surface area contributed by atoms with E-state index < -0.39 is 18.6 Å². The van der Waals surface area contributed by atoms with E-state index in [4.69, 9.17) is 4.74 Å². The topological polar surface area (TPSA) is 56.1 Å². The number of aromatic nitrogens is 2. The van der Waals surface area contributed by atoms with Crippen LogP contribution in [0.25, 0.3) is 0 Å². The van der Waals surface area contributed by atoms with E-state index in [1.807, 2.05) is 6.07 Å². The van der Waals surface area contributed by atoms with Crippen molar-refractivity contribution in [1.82, 2.24) is 9.78 Å². The third-order valence-corrected chi connectivity index (χ3v) is 2.37. The standard InChI is InChI=1S/C13H12F3N3O2/c14-13(15,16)9-19-7-10(6-17-19)18-12(20)8-21-11-4-2-1-3-5-11/h1-7H,8-9H2,(H,18,20). The third-order valence-electron chi connectivity index (χ3n) is 2.37. The summed E-state index contributed by atoms with van der Waals surface area (Å²) in [5.41, 5.74) is 0.181. The van der Waals surface area contributed by atoms with Crippen LogP contribution in [-0.2, 0) is 11.3 Å². The van der Waals surface area contributed by atoms with Gasteiger partial charge in [0.1, 0.15) is 12.3 Å². The van der Waals surface area contributed by atoms with Crippen LogP contribution in [0.3, 0.4) is 0 Å². The maximum atomic E-state index is 12.2. The smallest absolute Gasteiger partial charge is 0.408 e. The molecule has 1 amide bonds. The Bertz CT molecular complexity index is 596. The minimum atomic E-state index is -4.36. The van der Waals surface area contributed by atoms with Crippen molar-refractivity contribution in [3.05, 3.63) is 42.7 Å². The SMILES string of the molecule is O=C(COc1ccccc1)Nc1cnn(CC(F)(F)F)c1. The largest absolute Gasteiger partial charge is 0.484 e. The van der Waals surface area contributed by atoms with Crippen LogP contribution < -0.4 is 10.1 Å². The molecule has 1 heterocycles. The van der Waals surface area contributed by atoms with Gasteiger partial charge in [-0.05, 0) is 12.1 Å². The lowest BCUT2D eigenvalue weighted by Crippen LogP contribution is -2.20. The summed E-state index contributed by atoms with van der Waals surface area (Å²) in [6.45, 7) is -1.45. The van der Waals surface area contributed by atoms with E-state index >= 15 is 0 Å². The van der Waals surface area contributed by atoms with Gasteiger partial charge in [0.15, 0.2) is 6.61 Å². The maximum absolute atomic E-state index is 12.2. The molecule has 5 nitrogen and oxygen atoms in total. The lowest BCUT2D eigenvalue weighted by molar-refractivity contribution is -0.142. The number of nitrogens with zero attached hydrogens (tertiary/aromatic N) is 2. The number of alkyl halides is 3. The molecule has 2 rings (SSSR count). The summed E-state index contributed by atoms with van der Waals surface area (Å²) in [5, 5.41) is 5.92. The molecule has 0 saturated carbocycles. The highest BCUT2D eigenvalue weighted by molar-refractivity contribution is 5.91. The lowest BCUT2D eigenvalue weighted by atomic mass is 10.3. The number of carbonyl (C=O) groups excluding carboxylic acids is 1. The van der Waals surface area contributed by atoms with Crippen molar-refractivity contribution in [3.63, 3.8) is 0 Å². The number of anilines is 1. The van der Waals surface area contributed by atoms with E-state index in [-0.39, 0.29) is 12.3 Å². The molecule has 0 radical (unpaired) electrons. The van der Waals surface area contributed by atoms with Crippen molar-refractivity contribution in [2.45, 2.75) is 12.7 Å². The van der Waals surface area contributed by atoms with Gasteiger partial charge in [0, 0.05) is 6.20 Å². The number of halogens is 3. The number of para-hydroxylation sites is 1. The van der Waals surface area contributed by atoms with Gasteiger partial charge in [0.05, 0.1) is 11.9 Å². The molecule has 0 aliphatic carbocycles. The predicted octanol–water partition coefficient (Wildman–Crippen LogP) is 2.46. The van der Waals surface area contributed by atoms with Crippen molar-refractivity contribution in [1.29, 1.82) is 0 Å². The second kappa shape index (κ2) is 6.29. The molecule has 0 spiro atoms. The van der Waals surface area contributed by atoms with Gasteiger partial charge in [-0.3, -0.25) is 9.48 Å². The Balaban J connectivity index is 1.83. The Morgan fingerprint density at radius 2 is 2.00 bits per heavy atom. The zero-order chi connectivity index (χ0) is 15.3. The number of rotatable bonds is 5. The highest BCUT2D eigenvalue weighted by Crippen LogP contribution is 2.18. The van der Waals surface area contributed by atoms with Crippen LogP contribution in [0.5, 0.6) is 5.75 Å². The van der Waals surface area contributed by atoms with Crippen LogP contribution in [0.2, 0.25) is 0 Å². The molecule has 0 aliphatic rings. The molecule has 0 bridgehead atoms. The number of nitrogens with one attached hydrogen (secondary N) is 1. The normalized spacial score (nSPS) is 11.2. The second-order valence-electron chi connectivity index (χ2n) is 4.19. The summed E-state index contributed by atoms with van der Waals surface area (Å²) >= 11 is 0. The lowest BCUT2D eigenvalue weighted by Gasteiger charge is -2.06. The van der Waals surface area contributed by atoms with Gasteiger partial charge in [-0.2, -0.15) is 18.3 Å². The van der Waals surface area contributed by atoms with Crippen molar-refractivity contribution in [2.75, 3.05) is 11.9 Å². The average Bonchev–Trinajstić information content (AvgIpc) is 2.82. The van der Waals surface area contributed by atoms with E-state index in [9.17, 15) is 18.0 Å². The zero-order valence-electron chi connectivity index (χ0n) is 10.8. The first kappa shape index (κ1) is 14.9. The number of benzene rings is 1. The van der Waals surface area contributed by atoms with Gasteiger partial charge < -0.3 is 10.1 Å². The summed E-state index contributed by atoms with van der Waals surface area (Å²) in [5.74, 6) is 0.0471. The molecule has 0 saturated heterocycles. The minimum absolute atomic E-state index is 0.181. The van der Waals surface area contributed by atoms with Crippen molar-refractivity contribution in [3.8, 4) is 5.75 Å². The van der Waals surface area contributed by atoms with Crippen LogP contribution in [0.4, 0.5) is 18.9 Å². The van der Waals surface area contributed by atoms with Crippen LogP contribution in [-0.4, -0.2) is 28.5 Å². The number of ether oxygens (including phenoxy) is 1. The number of hydrogen-bond acceptors (Lipinski definition) is 3. The summed E-state index contributed by atoms with van der Waals surface area (Å²) < 4.78 is 42.4. The summed E-state index contributed by atoms with van der Waals surface area (Å²) in [7, 11) is 0. The second-order valence-corrected chi connectivity index (χ2v) is 4.19. The van der Waals surface area contributed by atoms with Gasteiger partial charge in [0.2, 0.25) is 0 Å². The molecule has 0 fully saturated rings. The van der Waals surface area contributed by atoms with Crippen LogP contribution >= 0.6 is 0 Å². The molecule has 0 aliphatic heterocycles. The van der Waals surface area contributed by atoms with E-state index in [0.717, 1.165) is 12.4 Å². The molecule has 0 unspecified atom stereocenters. The molecule has 21 heavy (non-hydrogen) atoms. The van der Waals surface area contributed by atoms with Gasteiger partial charge in [-0.25, -0.2) is 0 Å². The molecular formula is C13H12F3N3O2. The highest BCUT2D eigenvalue weighted by Gasteiger charge is 2.28. The van der Waals surface area contributed by atoms with Crippen LogP contribution in [0.15, 0.2) is 42.7 Å². The molecule has 2 aromatic rings. The van der Waals surface area contributed by atoms with Gasteiger partial charge in [0.25, 0.3) is 5.91 Å². The molecule has 0 atom stereocenters. The van der Waals surface area contributed by atoms with E-state index in [1.165, 1.54) is 0 Å². The fraction of sp³-hybridized carbons (Fsp3) is 0.231. The van der Waals surface area contributed by atoms with E-state index in [0.29, 0.717) is 10.4 Å².